The molecule has 8 nitrogen and oxygen atoms in total. The summed E-state index contributed by atoms with van der Waals surface area (Å²) < 4.78 is 1.61. The first-order valence-corrected chi connectivity index (χ1v) is 11.4. The summed E-state index contributed by atoms with van der Waals surface area (Å²) in [7, 11) is 0. The zero-order valence-electron chi connectivity index (χ0n) is 17.6. The zero-order valence-corrected chi connectivity index (χ0v) is 19.2. The Morgan fingerprint density at radius 2 is 2.13 bits per heavy atom. The Labute approximate surface area is 184 Å². The van der Waals surface area contributed by atoms with Gasteiger partial charge in [0.15, 0.2) is 0 Å². The van der Waals surface area contributed by atoms with Gasteiger partial charge in [-0.25, -0.2) is 4.68 Å². The molecule has 1 amide bonds. The first kappa shape index (κ1) is 21.2. The second-order valence-electron chi connectivity index (χ2n) is 9.40. The van der Waals surface area contributed by atoms with Crippen molar-refractivity contribution in [3.63, 3.8) is 0 Å². The van der Waals surface area contributed by atoms with Gasteiger partial charge in [-0.3, -0.25) is 9.59 Å². The Morgan fingerprint density at radius 3 is 2.80 bits per heavy atom. The van der Waals surface area contributed by atoms with Crippen molar-refractivity contribution < 1.29 is 4.79 Å². The molecule has 9 heteroatoms. The van der Waals surface area contributed by atoms with Gasteiger partial charge >= 0.3 is 0 Å². The monoisotopic (exact) mass is 476 g/mol. The summed E-state index contributed by atoms with van der Waals surface area (Å²) >= 11 is 3.42. The van der Waals surface area contributed by atoms with E-state index in [4.69, 9.17) is 0 Å². The molecule has 30 heavy (non-hydrogen) atoms. The Bertz CT molecular complexity index is 940. The van der Waals surface area contributed by atoms with E-state index in [9.17, 15) is 9.59 Å². The molecule has 3 fully saturated rings. The summed E-state index contributed by atoms with van der Waals surface area (Å²) in [4.78, 5) is 25.0. The third kappa shape index (κ3) is 3.96. The van der Waals surface area contributed by atoms with E-state index in [-0.39, 0.29) is 23.9 Å². The number of halogens is 1. The summed E-state index contributed by atoms with van der Waals surface area (Å²) in [6.07, 6.45) is 8.25. The molecule has 2 N–H and O–H groups in total. The predicted octanol–water partition coefficient (Wildman–Crippen LogP) is 2.68. The number of hydrogen-bond acceptors (Lipinski definition) is 6. The Hall–Kier alpha value is -2.03. The SMILES string of the molecule is C[C@@H]1[C@H]2C[C@@H](C[C@H]1Nc1cnn(CC(=O)NCC3C=NN=CC3)c(=O)c1Br)C2(C)C. The largest absolute Gasteiger partial charge is 0.380 e. The van der Waals surface area contributed by atoms with Gasteiger partial charge < -0.3 is 10.6 Å². The first-order chi connectivity index (χ1) is 14.3. The van der Waals surface area contributed by atoms with Crippen LogP contribution in [0.2, 0.25) is 0 Å². The van der Waals surface area contributed by atoms with Crippen molar-refractivity contribution in [2.75, 3.05) is 11.9 Å². The minimum Gasteiger partial charge on any atom is -0.380 e. The van der Waals surface area contributed by atoms with Crippen LogP contribution in [0.3, 0.4) is 0 Å². The molecule has 5 rings (SSSR count). The molecule has 3 saturated carbocycles. The zero-order chi connectivity index (χ0) is 21.5. The summed E-state index contributed by atoms with van der Waals surface area (Å²) in [5.74, 6) is 1.86. The maximum absolute atomic E-state index is 12.7. The van der Waals surface area contributed by atoms with E-state index in [1.54, 1.807) is 18.6 Å². The second kappa shape index (κ2) is 8.24. The minimum atomic E-state index is -0.310. The molecule has 2 heterocycles. The molecule has 1 aliphatic heterocycles. The quantitative estimate of drug-likeness (QED) is 0.658. The standard InChI is InChI=1S/C21H29BrN6O2/c1-12-15-6-14(21(15,2)3)7-16(12)27-17-10-26-28(20(30)19(17)22)11-18(29)23-8-13-4-5-24-25-9-13/h5,9-10,12-16,27H,4,6-8,11H2,1-3H3,(H,23,29)/t12-,13?,14+,15-,16-/m1/s1. The van der Waals surface area contributed by atoms with Crippen LogP contribution in [0.15, 0.2) is 25.7 Å². The van der Waals surface area contributed by atoms with Crippen LogP contribution in [0.25, 0.3) is 0 Å². The van der Waals surface area contributed by atoms with Crippen molar-refractivity contribution in [3.05, 3.63) is 21.0 Å². The Morgan fingerprint density at radius 1 is 1.33 bits per heavy atom. The smallest absolute Gasteiger partial charge is 0.283 e. The molecular weight excluding hydrogens is 448 g/mol. The molecule has 1 aromatic heterocycles. The van der Waals surface area contributed by atoms with Crippen LogP contribution in [0.5, 0.6) is 0 Å². The normalized spacial score (nSPS) is 31.1. The highest BCUT2D eigenvalue weighted by Gasteiger charge is 2.56. The van der Waals surface area contributed by atoms with Crippen LogP contribution < -0.4 is 16.2 Å². The number of rotatable bonds is 6. The highest BCUT2D eigenvalue weighted by Crippen LogP contribution is 2.61. The molecule has 0 radical (unpaired) electrons. The fraction of sp³-hybridized carbons (Fsp3) is 0.667. The number of fused-ring (bicyclic) bond motifs is 2. The molecule has 162 valence electrons. The number of hydrogen-bond donors (Lipinski definition) is 2. The van der Waals surface area contributed by atoms with E-state index in [2.05, 4.69) is 62.6 Å². The molecule has 4 aliphatic rings. The van der Waals surface area contributed by atoms with Gasteiger partial charge in [-0.15, -0.1) is 0 Å². The number of nitrogens with zero attached hydrogens (tertiary/aromatic N) is 4. The van der Waals surface area contributed by atoms with Gasteiger partial charge in [0.2, 0.25) is 5.91 Å². The lowest BCUT2D eigenvalue weighted by atomic mass is 9.45. The number of carbonyl (C=O) groups is 1. The molecule has 0 saturated heterocycles. The lowest BCUT2D eigenvalue weighted by molar-refractivity contribution is -0.122. The summed E-state index contributed by atoms with van der Waals surface area (Å²) in [5.41, 5.74) is 0.806. The van der Waals surface area contributed by atoms with Crippen molar-refractivity contribution in [1.82, 2.24) is 15.1 Å². The number of carbonyl (C=O) groups excluding carboxylic acids is 1. The van der Waals surface area contributed by atoms with E-state index in [1.807, 2.05) is 0 Å². The highest BCUT2D eigenvalue weighted by molar-refractivity contribution is 9.10. The fourth-order valence-electron chi connectivity index (χ4n) is 5.21. The molecule has 0 aromatic carbocycles. The van der Waals surface area contributed by atoms with Crippen LogP contribution in [0, 0.1) is 29.1 Å². The van der Waals surface area contributed by atoms with Crippen molar-refractivity contribution in [3.8, 4) is 0 Å². The molecule has 5 atom stereocenters. The van der Waals surface area contributed by atoms with Crippen molar-refractivity contribution in [2.24, 2.45) is 39.3 Å². The minimum absolute atomic E-state index is 0.117. The maximum atomic E-state index is 12.7. The van der Waals surface area contributed by atoms with Crippen LogP contribution in [0.1, 0.15) is 40.0 Å². The molecule has 1 unspecified atom stereocenters. The third-order valence-corrected chi connectivity index (χ3v) is 8.14. The van der Waals surface area contributed by atoms with Gasteiger partial charge in [-0.1, -0.05) is 20.8 Å². The van der Waals surface area contributed by atoms with Gasteiger partial charge in [-0.05, 0) is 58.4 Å². The fourth-order valence-corrected chi connectivity index (χ4v) is 5.64. The van der Waals surface area contributed by atoms with Crippen LogP contribution >= 0.6 is 15.9 Å². The molecule has 2 bridgehead atoms. The molecule has 0 spiro atoms. The van der Waals surface area contributed by atoms with E-state index in [0.29, 0.717) is 40.0 Å². The number of anilines is 1. The van der Waals surface area contributed by atoms with Crippen molar-refractivity contribution >= 4 is 40.0 Å². The van der Waals surface area contributed by atoms with E-state index in [0.717, 1.165) is 18.8 Å². The Balaban J connectivity index is 1.36. The van der Waals surface area contributed by atoms with Crippen molar-refractivity contribution in [2.45, 2.75) is 52.6 Å². The number of amides is 1. The lowest BCUT2D eigenvalue weighted by Crippen LogP contribution is -2.58. The van der Waals surface area contributed by atoms with Gasteiger partial charge in [0.05, 0.1) is 11.9 Å². The Kier molecular flexibility index (Phi) is 5.83. The summed E-state index contributed by atoms with van der Waals surface area (Å²) in [5, 5.41) is 18.2. The van der Waals surface area contributed by atoms with Crippen LogP contribution in [0.4, 0.5) is 5.69 Å². The van der Waals surface area contributed by atoms with Crippen LogP contribution in [-0.2, 0) is 11.3 Å². The molecule has 3 aliphatic carbocycles. The van der Waals surface area contributed by atoms with Crippen molar-refractivity contribution in [1.29, 1.82) is 0 Å². The predicted molar refractivity (Wildman–Crippen MR) is 121 cm³/mol. The number of aromatic nitrogens is 2. The molecular formula is C21H29BrN6O2. The molecule has 1 aromatic rings. The second-order valence-corrected chi connectivity index (χ2v) is 10.2. The summed E-state index contributed by atoms with van der Waals surface area (Å²) in [6.45, 7) is 7.39. The first-order valence-electron chi connectivity index (χ1n) is 10.6. The van der Waals surface area contributed by atoms with E-state index in [1.165, 1.54) is 11.1 Å². The average Bonchev–Trinajstić information content (AvgIpc) is 2.73. The van der Waals surface area contributed by atoms with Gasteiger partial charge in [-0.2, -0.15) is 15.3 Å². The van der Waals surface area contributed by atoms with Crippen LogP contribution in [-0.4, -0.2) is 40.7 Å². The number of nitrogens with one attached hydrogen (secondary N) is 2. The lowest BCUT2D eigenvalue weighted by Gasteiger charge is -2.62. The highest BCUT2D eigenvalue weighted by atomic mass is 79.9. The van der Waals surface area contributed by atoms with E-state index < -0.39 is 0 Å². The average molecular weight is 477 g/mol. The summed E-state index contributed by atoms with van der Waals surface area (Å²) in [6, 6.07) is 0.333. The van der Waals surface area contributed by atoms with Gasteiger partial charge in [0.25, 0.3) is 5.56 Å². The van der Waals surface area contributed by atoms with E-state index >= 15 is 0 Å². The third-order valence-electron chi connectivity index (χ3n) is 7.37. The maximum Gasteiger partial charge on any atom is 0.283 e. The topological polar surface area (TPSA) is 101 Å². The van der Waals surface area contributed by atoms with Gasteiger partial charge in [0, 0.05) is 30.9 Å². The van der Waals surface area contributed by atoms with Gasteiger partial charge in [0.1, 0.15) is 11.0 Å².